The normalized spacial score (nSPS) is 10.4. The van der Waals surface area contributed by atoms with Gasteiger partial charge in [-0.2, -0.15) is 0 Å². The van der Waals surface area contributed by atoms with E-state index in [2.05, 4.69) is 25.3 Å². The van der Waals surface area contributed by atoms with Gasteiger partial charge >= 0.3 is 0 Å². The van der Waals surface area contributed by atoms with Crippen molar-refractivity contribution in [3.63, 3.8) is 0 Å². The zero-order valence-corrected chi connectivity index (χ0v) is 11.5. The van der Waals surface area contributed by atoms with Gasteiger partial charge in [-0.3, -0.25) is 0 Å². The van der Waals surface area contributed by atoms with Gasteiger partial charge in [0.05, 0.1) is 5.75 Å². The first-order valence-corrected chi connectivity index (χ1v) is 6.60. The van der Waals surface area contributed by atoms with Crippen LogP contribution in [-0.2, 0) is 5.75 Å². The Bertz CT molecular complexity index is 544. The summed E-state index contributed by atoms with van der Waals surface area (Å²) in [4.78, 5) is 17.3. The average molecular weight is 261 g/mol. The maximum atomic E-state index is 4.39. The van der Waals surface area contributed by atoms with Crippen LogP contribution in [0.25, 0.3) is 0 Å². The van der Waals surface area contributed by atoms with Gasteiger partial charge in [-0.1, -0.05) is 11.8 Å². The molecular formula is C12H15N5S. The third kappa shape index (κ3) is 3.40. The fraction of sp³-hybridized carbons (Fsp3) is 0.333. The van der Waals surface area contributed by atoms with Gasteiger partial charge in [0.15, 0.2) is 5.16 Å². The monoisotopic (exact) mass is 261 g/mol. The van der Waals surface area contributed by atoms with Gasteiger partial charge in [0, 0.05) is 30.7 Å². The smallest absolute Gasteiger partial charge is 0.188 e. The first-order valence-electron chi connectivity index (χ1n) is 5.62. The van der Waals surface area contributed by atoms with Crippen LogP contribution in [0.4, 0.5) is 5.82 Å². The molecule has 5 nitrogen and oxygen atoms in total. The largest absolute Gasteiger partial charge is 0.373 e. The Labute approximate surface area is 110 Å². The Balaban J connectivity index is 2.08. The van der Waals surface area contributed by atoms with Gasteiger partial charge in [-0.25, -0.2) is 19.9 Å². The first-order chi connectivity index (χ1) is 8.67. The van der Waals surface area contributed by atoms with Crippen molar-refractivity contribution in [2.45, 2.75) is 24.8 Å². The molecule has 0 saturated carbocycles. The summed E-state index contributed by atoms with van der Waals surface area (Å²) in [5, 5.41) is 3.78. The first kappa shape index (κ1) is 12.8. The van der Waals surface area contributed by atoms with Gasteiger partial charge in [0.25, 0.3) is 0 Å². The van der Waals surface area contributed by atoms with Gasteiger partial charge in [0.1, 0.15) is 11.6 Å². The molecule has 0 atom stereocenters. The fourth-order valence-corrected chi connectivity index (χ4v) is 2.18. The molecule has 0 amide bonds. The van der Waals surface area contributed by atoms with Gasteiger partial charge < -0.3 is 5.32 Å². The Hall–Kier alpha value is -1.69. The third-order valence-electron chi connectivity index (χ3n) is 2.26. The second-order valence-corrected chi connectivity index (χ2v) is 4.77. The fourth-order valence-electron chi connectivity index (χ4n) is 1.45. The zero-order chi connectivity index (χ0) is 13.0. The molecule has 0 spiro atoms. The number of aryl methyl sites for hydroxylation is 2. The van der Waals surface area contributed by atoms with Crippen molar-refractivity contribution in [1.82, 2.24) is 19.9 Å². The molecule has 0 aliphatic rings. The number of hydrogen-bond donors (Lipinski definition) is 1. The number of hydrogen-bond acceptors (Lipinski definition) is 6. The van der Waals surface area contributed by atoms with E-state index in [1.54, 1.807) is 18.0 Å². The summed E-state index contributed by atoms with van der Waals surface area (Å²) in [6.45, 7) is 3.91. The SMILES string of the molecule is CNc1cc(C)nc(CSc2nccc(C)n2)n1. The van der Waals surface area contributed by atoms with Crippen molar-refractivity contribution in [3.05, 3.63) is 35.5 Å². The second-order valence-electron chi connectivity index (χ2n) is 3.83. The summed E-state index contributed by atoms with van der Waals surface area (Å²) in [6.07, 6.45) is 1.76. The molecular weight excluding hydrogens is 246 g/mol. The lowest BCUT2D eigenvalue weighted by atomic mass is 10.4. The molecule has 0 aliphatic heterocycles. The summed E-state index contributed by atoms with van der Waals surface area (Å²) >= 11 is 1.54. The molecule has 1 N–H and O–H groups in total. The lowest BCUT2D eigenvalue weighted by Gasteiger charge is -2.05. The van der Waals surface area contributed by atoms with Crippen LogP contribution in [0, 0.1) is 13.8 Å². The standard InChI is InChI=1S/C12H15N5S/c1-8-4-5-14-12(16-8)18-7-11-15-9(2)6-10(13-3)17-11/h4-6H,7H2,1-3H3,(H,13,15,17). The minimum atomic E-state index is 0.666. The van der Waals surface area contributed by atoms with Crippen molar-refractivity contribution in [2.24, 2.45) is 0 Å². The third-order valence-corrected chi connectivity index (χ3v) is 3.12. The van der Waals surface area contributed by atoms with Gasteiger partial charge in [0.2, 0.25) is 0 Å². The lowest BCUT2D eigenvalue weighted by molar-refractivity contribution is 0.925. The average Bonchev–Trinajstić information content (AvgIpc) is 2.36. The number of thioether (sulfide) groups is 1. The number of anilines is 1. The van der Waals surface area contributed by atoms with Crippen LogP contribution in [-0.4, -0.2) is 27.0 Å². The molecule has 6 heteroatoms. The zero-order valence-electron chi connectivity index (χ0n) is 10.6. The summed E-state index contributed by atoms with van der Waals surface area (Å²) in [5.74, 6) is 2.29. The topological polar surface area (TPSA) is 63.6 Å². The minimum absolute atomic E-state index is 0.666. The van der Waals surface area contributed by atoms with E-state index < -0.39 is 0 Å². The highest BCUT2D eigenvalue weighted by Crippen LogP contribution is 2.18. The molecule has 2 rings (SSSR count). The molecule has 0 aromatic carbocycles. The summed E-state index contributed by atoms with van der Waals surface area (Å²) in [7, 11) is 1.85. The molecule has 18 heavy (non-hydrogen) atoms. The van der Waals surface area contributed by atoms with Crippen LogP contribution in [0.3, 0.4) is 0 Å². The predicted octanol–water partition coefficient (Wildman–Crippen LogP) is 2.22. The van der Waals surface area contributed by atoms with Gasteiger partial charge in [-0.05, 0) is 19.9 Å². The molecule has 0 unspecified atom stereocenters. The second kappa shape index (κ2) is 5.77. The van der Waals surface area contributed by atoms with Crippen LogP contribution >= 0.6 is 11.8 Å². The highest BCUT2D eigenvalue weighted by molar-refractivity contribution is 7.98. The van der Waals surface area contributed by atoms with Crippen molar-refractivity contribution < 1.29 is 0 Å². The van der Waals surface area contributed by atoms with E-state index in [9.17, 15) is 0 Å². The maximum absolute atomic E-state index is 4.39. The van der Waals surface area contributed by atoms with Crippen LogP contribution in [0.5, 0.6) is 0 Å². The van der Waals surface area contributed by atoms with E-state index in [-0.39, 0.29) is 0 Å². The van der Waals surface area contributed by atoms with Crippen molar-refractivity contribution in [1.29, 1.82) is 0 Å². The quantitative estimate of drug-likeness (QED) is 0.672. The predicted molar refractivity (Wildman–Crippen MR) is 72.6 cm³/mol. The van der Waals surface area contributed by atoms with Gasteiger partial charge in [-0.15, -0.1) is 0 Å². The number of nitrogens with one attached hydrogen (secondary N) is 1. The van der Waals surface area contributed by atoms with Crippen LogP contribution in [0.15, 0.2) is 23.5 Å². The molecule has 94 valence electrons. The van der Waals surface area contributed by atoms with E-state index in [0.717, 1.165) is 28.2 Å². The van der Waals surface area contributed by atoms with E-state index in [1.165, 1.54) is 0 Å². The highest BCUT2D eigenvalue weighted by atomic mass is 32.2. The van der Waals surface area contributed by atoms with E-state index in [0.29, 0.717) is 5.75 Å². The number of rotatable bonds is 4. The molecule has 2 aromatic rings. The van der Waals surface area contributed by atoms with Crippen molar-refractivity contribution in [2.75, 3.05) is 12.4 Å². The van der Waals surface area contributed by atoms with Crippen molar-refractivity contribution >= 4 is 17.6 Å². The summed E-state index contributed by atoms with van der Waals surface area (Å²) in [6, 6.07) is 3.80. The molecule has 2 heterocycles. The maximum Gasteiger partial charge on any atom is 0.188 e. The Kier molecular flexibility index (Phi) is 4.09. The van der Waals surface area contributed by atoms with Crippen molar-refractivity contribution in [3.8, 4) is 0 Å². The Morgan fingerprint density at radius 2 is 2.00 bits per heavy atom. The van der Waals surface area contributed by atoms with E-state index >= 15 is 0 Å². The molecule has 0 bridgehead atoms. The van der Waals surface area contributed by atoms with Crippen LogP contribution < -0.4 is 5.32 Å². The molecule has 2 aromatic heterocycles. The van der Waals surface area contributed by atoms with Crippen LogP contribution in [0.2, 0.25) is 0 Å². The Morgan fingerprint density at radius 3 is 2.72 bits per heavy atom. The molecule has 0 aliphatic carbocycles. The summed E-state index contributed by atoms with van der Waals surface area (Å²) < 4.78 is 0. The van der Waals surface area contributed by atoms with Crippen LogP contribution in [0.1, 0.15) is 17.2 Å². The molecule has 0 fully saturated rings. The minimum Gasteiger partial charge on any atom is -0.373 e. The summed E-state index contributed by atoms with van der Waals surface area (Å²) in [5.41, 5.74) is 1.92. The highest BCUT2D eigenvalue weighted by Gasteiger charge is 2.04. The van der Waals surface area contributed by atoms with E-state index in [4.69, 9.17) is 0 Å². The number of aromatic nitrogens is 4. The molecule has 0 radical (unpaired) electrons. The lowest BCUT2D eigenvalue weighted by Crippen LogP contribution is -2.01. The number of nitrogens with zero attached hydrogens (tertiary/aromatic N) is 4. The van der Waals surface area contributed by atoms with E-state index in [1.807, 2.05) is 33.0 Å². The Morgan fingerprint density at radius 1 is 1.17 bits per heavy atom. The molecule has 0 saturated heterocycles.